The van der Waals surface area contributed by atoms with Crippen molar-refractivity contribution in [2.75, 3.05) is 0 Å². The van der Waals surface area contributed by atoms with Crippen LogP contribution in [0.4, 0.5) is 0 Å². The van der Waals surface area contributed by atoms with E-state index in [-0.39, 0.29) is 11.6 Å². The van der Waals surface area contributed by atoms with E-state index in [1.807, 2.05) is 0 Å². The minimum Gasteiger partial charge on any atom is -0.478 e. The molecule has 1 aliphatic carbocycles. The standard InChI is InChI=1S/C14H17NO5/c1-14(2,3)20-13(19)10-9(12(17)18)6-7-15(11(10)16)8-4-5-8/h6-8H,4-5H2,1-3H3,(H,17,18). The number of nitrogens with zero attached hydrogens (tertiary/aromatic N) is 1. The molecule has 0 atom stereocenters. The van der Waals surface area contributed by atoms with Crippen molar-refractivity contribution in [3.05, 3.63) is 33.7 Å². The van der Waals surface area contributed by atoms with Gasteiger partial charge in [-0.15, -0.1) is 0 Å². The highest BCUT2D eigenvalue weighted by Gasteiger charge is 2.31. The van der Waals surface area contributed by atoms with E-state index in [0.29, 0.717) is 0 Å². The molecule has 0 aromatic carbocycles. The van der Waals surface area contributed by atoms with Crippen LogP contribution in [0.2, 0.25) is 0 Å². The minimum atomic E-state index is -1.31. The highest BCUT2D eigenvalue weighted by atomic mass is 16.6. The van der Waals surface area contributed by atoms with Gasteiger partial charge in [-0.2, -0.15) is 0 Å². The number of ether oxygens (including phenoxy) is 1. The van der Waals surface area contributed by atoms with Crippen LogP contribution in [0, 0.1) is 0 Å². The lowest BCUT2D eigenvalue weighted by atomic mass is 10.1. The number of aromatic carboxylic acids is 1. The van der Waals surface area contributed by atoms with Crippen LogP contribution < -0.4 is 5.56 Å². The molecule has 0 unspecified atom stereocenters. The van der Waals surface area contributed by atoms with Crippen molar-refractivity contribution < 1.29 is 19.4 Å². The Labute approximate surface area is 116 Å². The van der Waals surface area contributed by atoms with E-state index in [2.05, 4.69) is 0 Å². The average Bonchev–Trinajstić information content (AvgIpc) is 3.09. The van der Waals surface area contributed by atoms with Crippen LogP contribution >= 0.6 is 0 Å². The Morgan fingerprint density at radius 1 is 1.35 bits per heavy atom. The van der Waals surface area contributed by atoms with E-state index < -0.39 is 28.7 Å². The summed E-state index contributed by atoms with van der Waals surface area (Å²) in [4.78, 5) is 35.6. The highest BCUT2D eigenvalue weighted by molar-refractivity contribution is 6.02. The van der Waals surface area contributed by atoms with Crippen LogP contribution in [0.5, 0.6) is 0 Å². The molecule has 6 heteroatoms. The zero-order chi connectivity index (χ0) is 15.1. The summed E-state index contributed by atoms with van der Waals surface area (Å²) in [6.45, 7) is 4.98. The summed E-state index contributed by atoms with van der Waals surface area (Å²) in [5.41, 5.74) is -2.11. The maximum atomic E-state index is 12.3. The SMILES string of the molecule is CC(C)(C)OC(=O)c1c(C(=O)O)ccn(C2CC2)c1=O. The zero-order valence-electron chi connectivity index (χ0n) is 11.7. The number of pyridine rings is 1. The summed E-state index contributed by atoms with van der Waals surface area (Å²) in [5.74, 6) is -2.21. The molecule has 6 nitrogen and oxygen atoms in total. The Kier molecular flexibility index (Phi) is 3.41. The second kappa shape index (κ2) is 4.77. The Bertz CT molecular complexity index is 619. The molecule has 0 radical (unpaired) electrons. The van der Waals surface area contributed by atoms with Crippen molar-refractivity contribution in [1.82, 2.24) is 4.57 Å². The zero-order valence-corrected chi connectivity index (χ0v) is 11.7. The largest absolute Gasteiger partial charge is 0.478 e. The first-order valence-corrected chi connectivity index (χ1v) is 6.42. The maximum Gasteiger partial charge on any atom is 0.345 e. The average molecular weight is 279 g/mol. The van der Waals surface area contributed by atoms with Gasteiger partial charge in [0.15, 0.2) is 0 Å². The highest BCUT2D eigenvalue weighted by Crippen LogP contribution is 2.33. The Hall–Kier alpha value is -2.11. The number of hydrogen-bond donors (Lipinski definition) is 1. The van der Waals surface area contributed by atoms with Crippen molar-refractivity contribution in [2.45, 2.75) is 45.3 Å². The molecule has 0 aliphatic heterocycles. The number of esters is 1. The van der Waals surface area contributed by atoms with Gasteiger partial charge in [-0.1, -0.05) is 0 Å². The molecular weight excluding hydrogens is 262 g/mol. The monoisotopic (exact) mass is 279 g/mol. The van der Waals surface area contributed by atoms with Crippen LogP contribution in [0.1, 0.15) is 60.4 Å². The Morgan fingerprint density at radius 2 is 1.95 bits per heavy atom. The molecule has 1 aliphatic rings. The van der Waals surface area contributed by atoms with Gasteiger partial charge in [0.2, 0.25) is 0 Å². The third-order valence-corrected chi connectivity index (χ3v) is 2.89. The molecule has 2 rings (SSSR count). The molecule has 0 amide bonds. The van der Waals surface area contributed by atoms with Crippen LogP contribution in [0.25, 0.3) is 0 Å². The third-order valence-electron chi connectivity index (χ3n) is 2.89. The normalized spacial score (nSPS) is 14.9. The van der Waals surface area contributed by atoms with Gasteiger partial charge in [0.25, 0.3) is 5.56 Å². The van der Waals surface area contributed by atoms with Gasteiger partial charge >= 0.3 is 11.9 Å². The minimum absolute atomic E-state index is 0.0616. The van der Waals surface area contributed by atoms with Gasteiger partial charge in [0, 0.05) is 12.2 Å². The number of carboxylic acids is 1. The predicted octanol–water partition coefficient (Wildman–Crippen LogP) is 1.84. The maximum absolute atomic E-state index is 12.3. The summed E-state index contributed by atoms with van der Waals surface area (Å²) < 4.78 is 6.54. The smallest absolute Gasteiger partial charge is 0.345 e. The van der Waals surface area contributed by atoms with Crippen LogP contribution in [-0.4, -0.2) is 27.2 Å². The molecular formula is C14H17NO5. The van der Waals surface area contributed by atoms with Crippen molar-refractivity contribution in [3.8, 4) is 0 Å². The summed E-state index contributed by atoms with van der Waals surface area (Å²) in [6, 6.07) is 1.34. The van der Waals surface area contributed by atoms with Crippen LogP contribution in [0.15, 0.2) is 17.1 Å². The number of rotatable bonds is 3. The molecule has 1 heterocycles. The van der Waals surface area contributed by atoms with Crippen molar-refractivity contribution in [3.63, 3.8) is 0 Å². The second-order valence-corrected chi connectivity index (χ2v) is 5.86. The lowest BCUT2D eigenvalue weighted by molar-refractivity contribution is 0.00630. The molecule has 1 saturated carbocycles. The first-order chi connectivity index (χ1) is 9.20. The van der Waals surface area contributed by atoms with E-state index in [0.717, 1.165) is 12.8 Å². The van der Waals surface area contributed by atoms with Gasteiger partial charge < -0.3 is 14.4 Å². The summed E-state index contributed by atoms with van der Waals surface area (Å²) in [5, 5.41) is 9.13. The van der Waals surface area contributed by atoms with E-state index in [1.54, 1.807) is 20.8 Å². The molecule has 1 fully saturated rings. The van der Waals surface area contributed by atoms with Crippen molar-refractivity contribution in [1.29, 1.82) is 0 Å². The van der Waals surface area contributed by atoms with Gasteiger partial charge in [0.1, 0.15) is 11.2 Å². The van der Waals surface area contributed by atoms with Gasteiger partial charge in [-0.25, -0.2) is 9.59 Å². The fourth-order valence-electron chi connectivity index (χ4n) is 1.90. The van der Waals surface area contributed by atoms with E-state index >= 15 is 0 Å². The lowest BCUT2D eigenvalue weighted by Crippen LogP contribution is -2.33. The fourth-order valence-corrected chi connectivity index (χ4v) is 1.90. The molecule has 108 valence electrons. The molecule has 1 aromatic rings. The first-order valence-electron chi connectivity index (χ1n) is 6.42. The molecule has 20 heavy (non-hydrogen) atoms. The predicted molar refractivity (Wildman–Crippen MR) is 71.1 cm³/mol. The first kappa shape index (κ1) is 14.3. The van der Waals surface area contributed by atoms with Crippen molar-refractivity contribution in [2.24, 2.45) is 0 Å². The van der Waals surface area contributed by atoms with Crippen LogP contribution in [0.3, 0.4) is 0 Å². The third kappa shape index (κ3) is 2.89. The van der Waals surface area contributed by atoms with E-state index in [1.165, 1.54) is 16.8 Å². The molecule has 0 bridgehead atoms. The topological polar surface area (TPSA) is 85.6 Å². The number of aromatic nitrogens is 1. The lowest BCUT2D eigenvalue weighted by Gasteiger charge is -2.20. The Morgan fingerprint density at radius 3 is 2.40 bits per heavy atom. The van der Waals surface area contributed by atoms with Gasteiger partial charge in [-0.3, -0.25) is 4.79 Å². The molecule has 0 saturated heterocycles. The molecule has 1 aromatic heterocycles. The number of carbonyl (C=O) groups excluding carboxylic acids is 1. The molecule has 0 spiro atoms. The number of carbonyl (C=O) groups is 2. The summed E-state index contributed by atoms with van der Waals surface area (Å²) in [7, 11) is 0. The second-order valence-electron chi connectivity index (χ2n) is 5.86. The fraction of sp³-hybridized carbons (Fsp3) is 0.500. The quantitative estimate of drug-likeness (QED) is 0.853. The summed E-state index contributed by atoms with van der Waals surface area (Å²) in [6.07, 6.45) is 3.15. The number of carboxylic acid groups (broad SMARTS) is 1. The van der Waals surface area contributed by atoms with Crippen molar-refractivity contribution >= 4 is 11.9 Å². The molecule has 1 N–H and O–H groups in total. The van der Waals surface area contributed by atoms with Gasteiger partial charge in [-0.05, 0) is 39.7 Å². The van der Waals surface area contributed by atoms with E-state index in [4.69, 9.17) is 9.84 Å². The summed E-state index contributed by atoms with van der Waals surface area (Å²) >= 11 is 0. The van der Waals surface area contributed by atoms with Gasteiger partial charge in [0.05, 0.1) is 5.56 Å². The van der Waals surface area contributed by atoms with Crippen LogP contribution in [-0.2, 0) is 4.74 Å². The van der Waals surface area contributed by atoms with E-state index in [9.17, 15) is 14.4 Å². The Balaban J connectivity index is 2.52. The number of hydrogen-bond acceptors (Lipinski definition) is 4.